The average molecular weight is 374 g/mol. The highest BCUT2D eigenvalue weighted by atomic mass is 19.3. The summed E-state index contributed by atoms with van der Waals surface area (Å²) >= 11 is 0. The van der Waals surface area contributed by atoms with Gasteiger partial charge in [0.25, 0.3) is 0 Å². The third-order valence-electron chi connectivity index (χ3n) is 3.92. The van der Waals surface area contributed by atoms with Crippen LogP contribution in [0.4, 0.5) is 8.78 Å². The summed E-state index contributed by atoms with van der Waals surface area (Å²) in [6, 6.07) is 9.34. The van der Waals surface area contributed by atoms with Crippen LogP contribution in [-0.4, -0.2) is 21.6 Å². The standard InChI is InChI=1S/C19H20F2N4O2/c1-26-16-5-4-14(9-17(16)27-13-15-3-2-6-22-11-15)10-23-12-18-24-7-8-25(18)19(20)21/h2-9,11,19,23H,10,12-13H2,1H3. The molecule has 0 aliphatic rings. The van der Waals surface area contributed by atoms with E-state index in [-0.39, 0.29) is 12.4 Å². The number of benzene rings is 1. The maximum atomic E-state index is 12.8. The van der Waals surface area contributed by atoms with Crippen LogP contribution in [0.2, 0.25) is 0 Å². The number of nitrogens with one attached hydrogen (secondary N) is 1. The fourth-order valence-electron chi connectivity index (χ4n) is 2.57. The van der Waals surface area contributed by atoms with E-state index in [1.165, 1.54) is 12.4 Å². The summed E-state index contributed by atoms with van der Waals surface area (Å²) in [6.45, 7) is -1.52. The van der Waals surface area contributed by atoms with Gasteiger partial charge in [0, 0.05) is 36.9 Å². The molecule has 1 aromatic carbocycles. The fraction of sp³-hybridized carbons (Fsp3) is 0.263. The molecule has 0 fully saturated rings. The van der Waals surface area contributed by atoms with E-state index in [1.54, 1.807) is 19.5 Å². The van der Waals surface area contributed by atoms with E-state index in [0.29, 0.717) is 24.7 Å². The Balaban J connectivity index is 1.61. The first-order valence-electron chi connectivity index (χ1n) is 8.36. The zero-order valence-electron chi connectivity index (χ0n) is 14.8. The number of hydrogen-bond donors (Lipinski definition) is 1. The Hall–Kier alpha value is -3.00. The number of methoxy groups -OCH3 is 1. The minimum atomic E-state index is -2.60. The molecule has 0 radical (unpaired) electrons. The molecule has 6 nitrogen and oxygen atoms in total. The van der Waals surface area contributed by atoms with Crippen molar-refractivity contribution in [1.82, 2.24) is 19.9 Å². The Morgan fingerprint density at radius 1 is 1.11 bits per heavy atom. The summed E-state index contributed by atoms with van der Waals surface area (Å²) in [4.78, 5) is 8.01. The van der Waals surface area contributed by atoms with E-state index in [0.717, 1.165) is 15.7 Å². The maximum Gasteiger partial charge on any atom is 0.319 e. The lowest BCUT2D eigenvalue weighted by Crippen LogP contribution is -2.17. The van der Waals surface area contributed by atoms with E-state index in [9.17, 15) is 8.78 Å². The van der Waals surface area contributed by atoms with Crippen molar-refractivity contribution in [2.75, 3.05) is 7.11 Å². The van der Waals surface area contributed by atoms with Crippen molar-refractivity contribution < 1.29 is 18.3 Å². The van der Waals surface area contributed by atoms with Crippen molar-refractivity contribution in [2.45, 2.75) is 26.2 Å². The van der Waals surface area contributed by atoms with E-state index >= 15 is 0 Å². The van der Waals surface area contributed by atoms with Crippen LogP contribution < -0.4 is 14.8 Å². The van der Waals surface area contributed by atoms with E-state index in [1.807, 2.05) is 30.3 Å². The summed E-state index contributed by atoms with van der Waals surface area (Å²) in [6.07, 6.45) is 6.07. The van der Waals surface area contributed by atoms with Gasteiger partial charge in [-0.2, -0.15) is 8.78 Å². The molecule has 27 heavy (non-hydrogen) atoms. The molecule has 0 amide bonds. The molecule has 0 spiro atoms. The predicted octanol–water partition coefficient (Wildman–Crippen LogP) is 3.55. The lowest BCUT2D eigenvalue weighted by Gasteiger charge is -2.13. The van der Waals surface area contributed by atoms with E-state index in [2.05, 4.69) is 15.3 Å². The van der Waals surface area contributed by atoms with Crippen LogP contribution in [0.3, 0.4) is 0 Å². The van der Waals surface area contributed by atoms with Gasteiger partial charge in [-0.05, 0) is 23.8 Å². The van der Waals surface area contributed by atoms with Crippen LogP contribution >= 0.6 is 0 Å². The molecule has 8 heteroatoms. The van der Waals surface area contributed by atoms with Gasteiger partial charge >= 0.3 is 6.55 Å². The second-order valence-corrected chi connectivity index (χ2v) is 5.77. The Bertz CT molecular complexity index is 856. The molecular weight excluding hydrogens is 354 g/mol. The lowest BCUT2D eigenvalue weighted by molar-refractivity contribution is 0.0666. The molecule has 0 atom stereocenters. The van der Waals surface area contributed by atoms with Gasteiger partial charge in [0.15, 0.2) is 11.5 Å². The maximum absolute atomic E-state index is 12.8. The van der Waals surface area contributed by atoms with Crippen LogP contribution in [0.25, 0.3) is 0 Å². The second-order valence-electron chi connectivity index (χ2n) is 5.77. The van der Waals surface area contributed by atoms with Crippen molar-refractivity contribution in [3.05, 3.63) is 72.1 Å². The van der Waals surface area contributed by atoms with Gasteiger partial charge in [-0.1, -0.05) is 12.1 Å². The summed E-state index contributed by atoms with van der Waals surface area (Å²) in [5.41, 5.74) is 1.88. The van der Waals surface area contributed by atoms with Crippen LogP contribution in [0.15, 0.2) is 55.1 Å². The lowest BCUT2D eigenvalue weighted by atomic mass is 10.2. The first kappa shape index (κ1) is 18.8. The molecule has 0 saturated carbocycles. The summed E-state index contributed by atoms with van der Waals surface area (Å²) in [5.74, 6) is 1.51. The first-order valence-corrected chi connectivity index (χ1v) is 8.36. The predicted molar refractivity (Wildman–Crippen MR) is 95.6 cm³/mol. The van der Waals surface area contributed by atoms with Gasteiger partial charge in [0.2, 0.25) is 0 Å². The third kappa shape index (κ3) is 5.01. The minimum Gasteiger partial charge on any atom is -0.493 e. The molecule has 0 aliphatic carbocycles. The number of alkyl halides is 2. The second kappa shape index (κ2) is 9.09. The number of hydrogen-bond acceptors (Lipinski definition) is 5. The molecule has 0 aliphatic heterocycles. The quantitative estimate of drug-likeness (QED) is 0.621. The Kier molecular flexibility index (Phi) is 6.32. The number of pyridine rings is 1. The van der Waals surface area contributed by atoms with E-state index in [4.69, 9.17) is 9.47 Å². The molecule has 2 aromatic heterocycles. The molecule has 3 rings (SSSR count). The Morgan fingerprint density at radius 3 is 2.74 bits per heavy atom. The number of imidazole rings is 1. The van der Waals surface area contributed by atoms with Crippen molar-refractivity contribution in [2.24, 2.45) is 0 Å². The highest BCUT2D eigenvalue weighted by Gasteiger charge is 2.11. The molecule has 3 aromatic rings. The number of ether oxygens (including phenoxy) is 2. The normalized spacial score (nSPS) is 11.0. The number of aromatic nitrogens is 3. The number of rotatable bonds is 9. The summed E-state index contributed by atoms with van der Waals surface area (Å²) in [7, 11) is 1.58. The van der Waals surface area contributed by atoms with Gasteiger partial charge in [-0.3, -0.25) is 9.55 Å². The van der Waals surface area contributed by atoms with Crippen LogP contribution in [-0.2, 0) is 19.7 Å². The average Bonchev–Trinajstić information content (AvgIpc) is 3.16. The van der Waals surface area contributed by atoms with Crippen molar-refractivity contribution in [3.8, 4) is 11.5 Å². The monoisotopic (exact) mass is 374 g/mol. The zero-order chi connectivity index (χ0) is 19.1. The zero-order valence-corrected chi connectivity index (χ0v) is 14.8. The Labute approximate surface area is 155 Å². The SMILES string of the molecule is COc1ccc(CNCc2nccn2C(F)F)cc1OCc1cccnc1. The van der Waals surface area contributed by atoms with Crippen molar-refractivity contribution >= 4 is 0 Å². The molecule has 2 heterocycles. The number of nitrogens with zero attached hydrogens (tertiary/aromatic N) is 3. The molecule has 0 unspecified atom stereocenters. The van der Waals surface area contributed by atoms with Gasteiger partial charge in [0.1, 0.15) is 12.4 Å². The smallest absolute Gasteiger partial charge is 0.319 e. The molecular formula is C19H20F2N4O2. The third-order valence-corrected chi connectivity index (χ3v) is 3.92. The summed E-state index contributed by atoms with van der Waals surface area (Å²) < 4.78 is 37.7. The Morgan fingerprint density at radius 2 is 2.00 bits per heavy atom. The van der Waals surface area contributed by atoms with Crippen LogP contribution in [0.5, 0.6) is 11.5 Å². The van der Waals surface area contributed by atoms with Crippen LogP contribution in [0, 0.1) is 0 Å². The molecule has 1 N–H and O–H groups in total. The molecule has 142 valence electrons. The largest absolute Gasteiger partial charge is 0.493 e. The molecule has 0 saturated heterocycles. The van der Waals surface area contributed by atoms with Gasteiger partial charge in [0.05, 0.1) is 13.7 Å². The fourth-order valence-corrected chi connectivity index (χ4v) is 2.57. The van der Waals surface area contributed by atoms with Crippen molar-refractivity contribution in [3.63, 3.8) is 0 Å². The van der Waals surface area contributed by atoms with Gasteiger partial charge in [-0.15, -0.1) is 0 Å². The topological polar surface area (TPSA) is 61.2 Å². The summed E-state index contributed by atoms with van der Waals surface area (Å²) in [5, 5.41) is 3.11. The van der Waals surface area contributed by atoms with Gasteiger partial charge in [-0.25, -0.2) is 4.98 Å². The molecule has 0 bridgehead atoms. The van der Waals surface area contributed by atoms with Gasteiger partial charge < -0.3 is 14.8 Å². The van der Waals surface area contributed by atoms with Crippen LogP contribution in [0.1, 0.15) is 23.5 Å². The first-order chi connectivity index (χ1) is 13.2. The highest BCUT2D eigenvalue weighted by Crippen LogP contribution is 2.29. The van der Waals surface area contributed by atoms with E-state index < -0.39 is 6.55 Å². The van der Waals surface area contributed by atoms with Crippen molar-refractivity contribution in [1.29, 1.82) is 0 Å². The number of halogens is 2. The highest BCUT2D eigenvalue weighted by molar-refractivity contribution is 5.43. The minimum absolute atomic E-state index is 0.231.